The van der Waals surface area contributed by atoms with Gasteiger partial charge in [0.1, 0.15) is 6.04 Å². The highest BCUT2D eigenvalue weighted by molar-refractivity contribution is 8.00. The molecular weight excluding hydrogens is 320 g/mol. The molecule has 2 aliphatic heterocycles. The number of amides is 1. The van der Waals surface area contributed by atoms with E-state index in [1.807, 2.05) is 4.90 Å². The Morgan fingerprint density at radius 2 is 1.88 bits per heavy atom. The molecular formula is C19H24N2O2S. The second kappa shape index (κ2) is 6.89. The van der Waals surface area contributed by atoms with Crippen LogP contribution in [0.4, 0.5) is 0 Å². The van der Waals surface area contributed by atoms with Crippen molar-refractivity contribution in [3.05, 3.63) is 35.4 Å². The highest BCUT2D eigenvalue weighted by Gasteiger charge is 2.43. The average Bonchev–Trinajstić information content (AvgIpc) is 3.31. The van der Waals surface area contributed by atoms with Gasteiger partial charge < -0.3 is 4.90 Å². The quantitative estimate of drug-likeness (QED) is 0.911. The van der Waals surface area contributed by atoms with Crippen LogP contribution in [0.25, 0.3) is 0 Å². The molecule has 0 saturated carbocycles. The molecule has 128 valence electrons. The zero-order chi connectivity index (χ0) is 16.5. The molecule has 3 atom stereocenters. The number of likely N-dealkylation sites (tertiary alicyclic amines) is 1. The maximum atomic E-state index is 13.1. The molecule has 24 heavy (non-hydrogen) atoms. The third-order valence-electron chi connectivity index (χ3n) is 5.58. The smallest absolute Gasteiger partial charge is 0.241 e. The summed E-state index contributed by atoms with van der Waals surface area (Å²) in [5, 5.41) is 3.06. The Morgan fingerprint density at radius 1 is 1.12 bits per heavy atom. The SMILES string of the molecule is O=C(C1CCc2ccccc2C1)C1SCN[C@H]1C(=O)N1CCCC1. The number of hydrogen-bond acceptors (Lipinski definition) is 4. The molecule has 4 rings (SSSR count). The van der Waals surface area contributed by atoms with Gasteiger partial charge in [0, 0.05) is 24.9 Å². The van der Waals surface area contributed by atoms with Gasteiger partial charge in [-0.25, -0.2) is 0 Å². The van der Waals surface area contributed by atoms with Crippen LogP contribution in [0, 0.1) is 5.92 Å². The number of carbonyl (C=O) groups excluding carboxylic acids is 2. The third kappa shape index (κ3) is 3.00. The van der Waals surface area contributed by atoms with Gasteiger partial charge in [-0.05, 0) is 43.2 Å². The zero-order valence-electron chi connectivity index (χ0n) is 13.9. The molecule has 0 spiro atoms. The van der Waals surface area contributed by atoms with Crippen LogP contribution < -0.4 is 5.32 Å². The van der Waals surface area contributed by atoms with E-state index >= 15 is 0 Å². The molecule has 3 aliphatic rings. The number of rotatable bonds is 3. The summed E-state index contributed by atoms with van der Waals surface area (Å²) in [5.41, 5.74) is 2.68. The molecule has 2 unspecified atom stereocenters. The Bertz CT molecular complexity index is 642. The summed E-state index contributed by atoms with van der Waals surface area (Å²) in [6.07, 6.45) is 4.89. The van der Waals surface area contributed by atoms with E-state index < -0.39 is 0 Å². The molecule has 1 aromatic carbocycles. The van der Waals surface area contributed by atoms with Crippen LogP contribution in [0.15, 0.2) is 24.3 Å². The van der Waals surface area contributed by atoms with Gasteiger partial charge in [-0.15, -0.1) is 11.8 Å². The van der Waals surface area contributed by atoms with E-state index in [0.29, 0.717) is 5.88 Å². The van der Waals surface area contributed by atoms with Gasteiger partial charge in [0.15, 0.2) is 5.78 Å². The highest BCUT2D eigenvalue weighted by Crippen LogP contribution is 2.32. The summed E-state index contributed by atoms with van der Waals surface area (Å²) in [4.78, 5) is 27.8. The maximum Gasteiger partial charge on any atom is 0.241 e. The number of hydrogen-bond donors (Lipinski definition) is 1. The Morgan fingerprint density at radius 3 is 2.67 bits per heavy atom. The molecule has 1 aromatic rings. The number of carbonyl (C=O) groups is 2. The topological polar surface area (TPSA) is 49.4 Å². The first kappa shape index (κ1) is 16.2. The Labute approximate surface area is 147 Å². The van der Waals surface area contributed by atoms with Crippen LogP contribution in [-0.2, 0) is 22.4 Å². The van der Waals surface area contributed by atoms with Gasteiger partial charge >= 0.3 is 0 Å². The molecule has 4 nitrogen and oxygen atoms in total. The van der Waals surface area contributed by atoms with E-state index in [0.717, 1.165) is 45.2 Å². The largest absolute Gasteiger partial charge is 0.341 e. The molecule has 2 heterocycles. The van der Waals surface area contributed by atoms with Crippen molar-refractivity contribution >= 4 is 23.5 Å². The molecule has 0 radical (unpaired) electrons. The molecule has 1 N–H and O–H groups in total. The predicted molar refractivity (Wildman–Crippen MR) is 95.9 cm³/mol. The van der Waals surface area contributed by atoms with Gasteiger partial charge in [0.25, 0.3) is 0 Å². The van der Waals surface area contributed by atoms with Crippen molar-refractivity contribution < 1.29 is 9.59 Å². The molecule has 2 saturated heterocycles. The number of aryl methyl sites for hydroxylation is 1. The molecule has 5 heteroatoms. The fourth-order valence-electron chi connectivity index (χ4n) is 4.20. The first-order chi connectivity index (χ1) is 11.7. The summed E-state index contributed by atoms with van der Waals surface area (Å²) in [5.74, 6) is 1.17. The van der Waals surface area contributed by atoms with Crippen LogP contribution in [0.3, 0.4) is 0 Å². The summed E-state index contributed by atoms with van der Waals surface area (Å²) in [7, 11) is 0. The number of thioether (sulfide) groups is 1. The van der Waals surface area contributed by atoms with Crippen LogP contribution in [-0.4, -0.2) is 46.8 Å². The predicted octanol–water partition coefficient (Wildman–Crippen LogP) is 2.01. The summed E-state index contributed by atoms with van der Waals surface area (Å²) in [6, 6.07) is 8.11. The van der Waals surface area contributed by atoms with Crippen LogP contribution in [0.1, 0.15) is 30.4 Å². The fraction of sp³-hybridized carbons (Fsp3) is 0.579. The number of fused-ring (bicyclic) bond motifs is 1. The Kier molecular flexibility index (Phi) is 4.63. The fourth-order valence-corrected chi connectivity index (χ4v) is 5.42. The van der Waals surface area contributed by atoms with E-state index in [9.17, 15) is 9.59 Å². The lowest BCUT2D eigenvalue weighted by Gasteiger charge is -2.28. The minimum absolute atomic E-state index is 0.0613. The average molecular weight is 344 g/mol. The van der Waals surface area contributed by atoms with Gasteiger partial charge in [0.2, 0.25) is 5.91 Å². The van der Waals surface area contributed by atoms with Crippen molar-refractivity contribution in [1.82, 2.24) is 10.2 Å². The van der Waals surface area contributed by atoms with E-state index in [2.05, 4.69) is 29.6 Å². The van der Waals surface area contributed by atoms with E-state index in [1.165, 1.54) is 11.1 Å². The van der Waals surface area contributed by atoms with Crippen LogP contribution >= 0.6 is 11.8 Å². The van der Waals surface area contributed by atoms with Gasteiger partial charge in [0.05, 0.1) is 5.25 Å². The normalized spacial score (nSPS) is 29.5. The molecule has 2 fully saturated rings. The minimum atomic E-state index is -0.322. The lowest BCUT2D eigenvalue weighted by Crippen LogP contribution is -2.50. The van der Waals surface area contributed by atoms with Gasteiger partial charge in [-0.2, -0.15) is 0 Å². The second-order valence-electron chi connectivity index (χ2n) is 7.06. The lowest BCUT2D eigenvalue weighted by atomic mass is 9.80. The van der Waals surface area contributed by atoms with Crippen molar-refractivity contribution in [2.45, 2.75) is 43.4 Å². The maximum absolute atomic E-state index is 13.1. The van der Waals surface area contributed by atoms with Crippen molar-refractivity contribution in [3.8, 4) is 0 Å². The molecule has 0 bridgehead atoms. The highest BCUT2D eigenvalue weighted by atomic mass is 32.2. The summed E-state index contributed by atoms with van der Waals surface area (Å²) >= 11 is 1.61. The Hall–Kier alpha value is -1.33. The second-order valence-corrected chi connectivity index (χ2v) is 8.19. The third-order valence-corrected chi connectivity index (χ3v) is 6.78. The van der Waals surface area contributed by atoms with E-state index in [1.54, 1.807) is 11.8 Å². The monoisotopic (exact) mass is 344 g/mol. The van der Waals surface area contributed by atoms with Crippen molar-refractivity contribution in [1.29, 1.82) is 0 Å². The number of Topliss-reactive ketones (excluding diaryl/α,β-unsaturated/α-hetero) is 1. The first-order valence-electron chi connectivity index (χ1n) is 8.98. The summed E-state index contributed by atoms with van der Waals surface area (Å²) in [6.45, 7) is 1.69. The first-order valence-corrected chi connectivity index (χ1v) is 10.0. The number of ketones is 1. The summed E-state index contributed by atoms with van der Waals surface area (Å²) < 4.78 is 0. The Balaban J connectivity index is 1.46. The number of nitrogens with zero attached hydrogens (tertiary/aromatic N) is 1. The number of nitrogens with one attached hydrogen (secondary N) is 1. The lowest BCUT2D eigenvalue weighted by molar-refractivity contribution is -0.134. The van der Waals surface area contributed by atoms with Crippen molar-refractivity contribution in [2.75, 3.05) is 19.0 Å². The zero-order valence-corrected chi connectivity index (χ0v) is 14.7. The van der Waals surface area contributed by atoms with Crippen LogP contribution in [0.2, 0.25) is 0 Å². The van der Waals surface area contributed by atoms with Crippen molar-refractivity contribution in [3.63, 3.8) is 0 Å². The molecule has 0 aromatic heterocycles. The minimum Gasteiger partial charge on any atom is -0.341 e. The van der Waals surface area contributed by atoms with Crippen LogP contribution in [0.5, 0.6) is 0 Å². The van der Waals surface area contributed by atoms with E-state index in [4.69, 9.17) is 0 Å². The molecule has 1 aliphatic carbocycles. The van der Waals surface area contributed by atoms with Crippen molar-refractivity contribution in [2.24, 2.45) is 5.92 Å². The number of benzene rings is 1. The van der Waals surface area contributed by atoms with Gasteiger partial charge in [-0.1, -0.05) is 24.3 Å². The van der Waals surface area contributed by atoms with E-state index in [-0.39, 0.29) is 28.9 Å². The van der Waals surface area contributed by atoms with Gasteiger partial charge in [-0.3, -0.25) is 14.9 Å². The standard InChI is InChI=1S/C19H24N2O2S/c22-17(15-8-7-13-5-1-2-6-14(13)11-15)18-16(20-12-24-18)19(23)21-9-3-4-10-21/h1-2,5-6,15-16,18,20H,3-4,7-12H2/t15?,16-,18?/m1/s1. The molecule has 1 amide bonds.